The van der Waals surface area contributed by atoms with Gasteiger partial charge in [0.2, 0.25) is 0 Å². The molecule has 2 aromatic carbocycles. The van der Waals surface area contributed by atoms with E-state index in [1.807, 2.05) is 0 Å². The normalized spacial score (nSPS) is 22.6. The predicted octanol–water partition coefficient (Wildman–Crippen LogP) is 0.368. The first-order valence-electron chi connectivity index (χ1n) is 7.72. The van der Waals surface area contributed by atoms with Crippen LogP contribution in [0.15, 0.2) is 60.7 Å². The molecule has 1 fully saturated rings. The summed E-state index contributed by atoms with van der Waals surface area (Å²) in [5, 5.41) is 3.07. The number of halogens is 1. The third-order valence-corrected chi connectivity index (χ3v) is 9.34. The Morgan fingerprint density at radius 2 is 1.36 bits per heavy atom. The van der Waals surface area contributed by atoms with Crippen LogP contribution >= 0.6 is 7.26 Å². The van der Waals surface area contributed by atoms with E-state index in [1.54, 1.807) is 0 Å². The standard InChI is InChI=1S/C19H24OP.BrH/c1-16-14-21(15-19(2,3)20-16,17-10-6-4-7-11-17)18-12-8-5-9-13-18;/h4-13,16H,14-15H2,1-3H3;1H/q+1;. The van der Waals surface area contributed by atoms with Gasteiger partial charge < -0.3 is 21.7 Å². The van der Waals surface area contributed by atoms with Gasteiger partial charge in [-0.3, -0.25) is 0 Å². The molecule has 0 radical (unpaired) electrons. The van der Waals surface area contributed by atoms with Crippen molar-refractivity contribution in [1.82, 2.24) is 0 Å². The second-order valence-electron chi connectivity index (χ2n) is 6.77. The highest BCUT2D eigenvalue weighted by atomic mass is 79.9. The Balaban J connectivity index is 0.00000176. The SMILES string of the molecule is CC1C[P+](c2ccccc2)(c2ccccc2)CC(C)(C)[OH+]1.[Br-]. The van der Waals surface area contributed by atoms with E-state index in [4.69, 9.17) is 4.74 Å². The molecule has 2 aromatic rings. The number of hydrogen-bond donors (Lipinski definition) is 0. The van der Waals surface area contributed by atoms with E-state index in [0.717, 1.165) is 0 Å². The minimum Gasteiger partial charge on any atom is -1.00 e. The van der Waals surface area contributed by atoms with Crippen LogP contribution in [0.1, 0.15) is 20.8 Å². The number of rotatable bonds is 2. The summed E-state index contributed by atoms with van der Waals surface area (Å²) in [6, 6.07) is 22.3. The molecular formula is C19H25BrOP+. The van der Waals surface area contributed by atoms with Gasteiger partial charge in [-0.15, -0.1) is 0 Å². The van der Waals surface area contributed by atoms with Gasteiger partial charge in [-0.1, -0.05) is 36.4 Å². The van der Waals surface area contributed by atoms with Crippen molar-refractivity contribution < 1.29 is 21.7 Å². The van der Waals surface area contributed by atoms with E-state index in [2.05, 4.69) is 81.4 Å². The molecule has 3 rings (SSSR count). The maximum absolute atomic E-state index is 4.99. The molecule has 1 aliphatic heterocycles. The van der Waals surface area contributed by atoms with E-state index in [1.165, 1.54) is 22.9 Å². The van der Waals surface area contributed by atoms with E-state index in [0.29, 0.717) is 6.10 Å². The Morgan fingerprint density at radius 3 is 1.77 bits per heavy atom. The zero-order chi connectivity index (χ0) is 14.9. The van der Waals surface area contributed by atoms with Crippen molar-refractivity contribution in [3.63, 3.8) is 0 Å². The maximum atomic E-state index is 4.99. The number of benzene rings is 2. The van der Waals surface area contributed by atoms with Crippen molar-refractivity contribution >= 4 is 17.9 Å². The van der Waals surface area contributed by atoms with Crippen LogP contribution in [0.5, 0.6) is 0 Å². The molecule has 22 heavy (non-hydrogen) atoms. The van der Waals surface area contributed by atoms with Crippen molar-refractivity contribution in [2.45, 2.75) is 32.5 Å². The Kier molecular flexibility index (Phi) is 5.48. The maximum Gasteiger partial charge on any atom is 0.193 e. The predicted molar refractivity (Wildman–Crippen MR) is 94.6 cm³/mol. The summed E-state index contributed by atoms with van der Waals surface area (Å²) in [5.74, 6) is 0. The molecule has 0 aromatic heterocycles. The lowest BCUT2D eigenvalue weighted by Crippen LogP contribution is -3.00. The summed E-state index contributed by atoms with van der Waals surface area (Å²) < 4.78 is 4.99. The molecule has 118 valence electrons. The third-order valence-electron chi connectivity index (χ3n) is 4.30. The molecule has 3 heteroatoms. The number of aliphatic hydroxyl groups is 2. The molecule has 1 saturated heterocycles. The summed E-state index contributed by atoms with van der Waals surface area (Å²) in [5.41, 5.74) is 0.0666. The van der Waals surface area contributed by atoms with Crippen molar-refractivity contribution in [2.24, 2.45) is 0 Å². The third kappa shape index (κ3) is 3.45. The highest BCUT2D eigenvalue weighted by molar-refractivity contribution is 7.89. The fourth-order valence-corrected chi connectivity index (χ4v) is 8.91. The van der Waals surface area contributed by atoms with Gasteiger partial charge in [-0.2, -0.15) is 0 Å². The minimum atomic E-state index is -1.37. The molecule has 1 aliphatic rings. The molecule has 1 atom stereocenters. The van der Waals surface area contributed by atoms with Gasteiger partial charge in [0.1, 0.15) is 12.3 Å². The zero-order valence-electron chi connectivity index (χ0n) is 13.5. The van der Waals surface area contributed by atoms with E-state index in [-0.39, 0.29) is 22.6 Å². The lowest BCUT2D eigenvalue weighted by atomic mass is 10.2. The lowest BCUT2D eigenvalue weighted by Gasteiger charge is -2.39. The summed E-state index contributed by atoms with van der Waals surface area (Å²) in [7, 11) is -1.37. The van der Waals surface area contributed by atoms with Crippen LogP contribution in [0.2, 0.25) is 0 Å². The smallest absolute Gasteiger partial charge is 0.193 e. The van der Waals surface area contributed by atoms with Gasteiger partial charge in [0.05, 0.1) is 17.9 Å². The molecule has 1 nitrogen and oxygen atoms in total. The Bertz CT molecular complexity index is 558. The molecule has 0 spiro atoms. The van der Waals surface area contributed by atoms with Crippen LogP contribution in [0.4, 0.5) is 0 Å². The lowest BCUT2D eigenvalue weighted by molar-refractivity contribution is -0.190. The Morgan fingerprint density at radius 1 is 0.909 bits per heavy atom. The summed E-state index contributed by atoms with van der Waals surface area (Å²) >= 11 is 0. The van der Waals surface area contributed by atoms with E-state index < -0.39 is 7.26 Å². The topological polar surface area (TPSA) is 12.8 Å². The highest BCUT2D eigenvalue weighted by Gasteiger charge is 2.56. The monoisotopic (exact) mass is 379 g/mol. The average molecular weight is 380 g/mol. The second-order valence-corrected chi connectivity index (χ2v) is 10.4. The van der Waals surface area contributed by atoms with Gasteiger partial charge in [-0.25, -0.2) is 0 Å². The quantitative estimate of drug-likeness (QED) is 0.528. The van der Waals surface area contributed by atoms with Crippen molar-refractivity contribution in [3.05, 3.63) is 60.7 Å². The molecule has 0 saturated carbocycles. The fourth-order valence-electron chi connectivity index (χ4n) is 3.82. The highest BCUT2D eigenvalue weighted by Crippen LogP contribution is 2.61. The van der Waals surface area contributed by atoms with Gasteiger partial charge in [0.25, 0.3) is 0 Å². The van der Waals surface area contributed by atoms with Crippen LogP contribution in [-0.2, 0) is 0 Å². The van der Waals surface area contributed by atoms with Crippen LogP contribution in [0, 0.1) is 0 Å². The van der Waals surface area contributed by atoms with E-state index in [9.17, 15) is 0 Å². The molecular weight excluding hydrogens is 355 g/mol. The largest absolute Gasteiger partial charge is 1.00 e. The van der Waals surface area contributed by atoms with Gasteiger partial charge in [0.15, 0.2) is 11.7 Å². The molecule has 1 N–H and O–H groups in total. The molecule has 1 heterocycles. The molecule has 0 aliphatic carbocycles. The molecule has 1 unspecified atom stereocenters. The van der Waals surface area contributed by atoms with Gasteiger partial charge in [-0.05, 0) is 24.3 Å². The number of hydrogen-bond acceptors (Lipinski definition) is 0. The van der Waals surface area contributed by atoms with Crippen molar-refractivity contribution in [1.29, 1.82) is 0 Å². The van der Waals surface area contributed by atoms with Crippen LogP contribution < -0.4 is 27.6 Å². The second kappa shape index (κ2) is 6.83. The molecule has 0 bridgehead atoms. The zero-order valence-corrected chi connectivity index (χ0v) is 16.0. The summed E-state index contributed by atoms with van der Waals surface area (Å²) in [6.45, 7) is 6.87. The van der Waals surface area contributed by atoms with E-state index >= 15 is 0 Å². The van der Waals surface area contributed by atoms with Crippen LogP contribution in [-0.4, -0.2) is 28.8 Å². The number of ether oxygens (including phenoxy) is 1. The first-order chi connectivity index (χ1) is 10.0. The van der Waals surface area contributed by atoms with Crippen molar-refractivity contribution in [2.75, 3.05) is 12.3 Å². The summed E-state index contributed by atoms with van der Waals surface area (Å²) in [4.78, 5) is 0. The fraction of sp³-hybridized carbons (Fsp3) is 0.368. The first kappa shape index (κ1) is 17.7. The first-order valence-corrected chi connectivity index (χ1v) is 9.88. The van der Waals surface area contributed by atoms with Crippen molar-refractivity contribution in [3.8, 4) is 0 Å². The minimum absolute atomic E-state index is 0. The van der Waals surface area contributed by atoms with Gasteiger partial charge >= 0.3 is 0 Å². The van der Waals surface area contributed by atoms with Crippen LogP contribution in [0.25, 0.3) is 0 Å². The van der Waals surface area contributed by atoms with Gasteiger partial charge in [0, 0.05) is 20.8 Å². The average Bonchev–Trinajstić information content (AvgIpc) is 2.47. The Labute approximate surface area is 145 Å². The van der Waals surface area contributed by atoms with Crippen LogP contribution in [0.3, 0.4) is 0 Å². The summed E-state index contributed by atoms with van der Waals surface area (Å²) in [6.07, 6.45) is 2.81. The molecule has 0 amide bonds. The Hall–Kier alpha value is -0.690.